The summed E-state index contributed by atoms with van der Waals surface area (Å²) in [6.07, 6.45) is -2.72. The first kappa shape index (κ1) is 20.7. The van der Waals surface area contributed by atoms with Crippen LogP contribution < -0.4 is 10.5 Å². The molecule has 0 saturated carbocycles. The third-order valence-electron chi connectivity index (χ3n) is 2.91. The van der Waals surface area contributed by atoms with Gasteiger partial charge in [-0.3, -0.25) is 9.59 Å². The highest BCUT2D eigenvalue weighted by atomic mass is 35.5. The number of hydrogen-bond donors (Lipinski definition) is 3. The van der Waals surface area contributed by atoms with Crippen LogP contribution in [0.2, 0.25) is 10.0 Å². The smallest absolute Gasteiger partial charge is 0.327 e. The van der Waals surface area contributed by atoms with Crippen molar-refractivity contribution in [1.82, 2.24) is 4.72 Å². The van der Waals surface area contributed by atoms with Gasteiger partial charge in [0.1, 0.15) is 6.04 Å². The van der Waals surface area contributed by atoms with Crippen molar-refractivity contribution in [3.63, 3.8) is 0 Å². The normalized spacial score (nSPS) is 15.4. The number of nitrogens with two attached hydrogens (primary N) is 1. The molecule has 0 aromatic heterocycles. The molecule has 8 nitrogen and oxygen atoms in total. The Balaban J connectivity index is 3.04. The summed E-state index contributed by atoms with van der Waals surface area (Å²) in [7, 11) is -4.21. The molecule has 1 aromatic carbocycles. The standard InChI is InChI=1S/C13H16Cl2N2O6S/c1-6(18)11(13(20)23-7(2)12(16)19)17-24(21,22)8-3-4-9(14)10(15)5-8/h3-7,11,17-18H,1-2H3,(H2,16,19)/t6-,7-,11-/m0/s1. The Morgan fingerprint density at radius 1 is 1.25 bits per heavy atom. The number of primary amides is 1. The third-order valence-corrected chi connectivity index (χ3v) is 5.09. The van der Waals surface area contributed by atoms with Crippen LogP contribution in [0, 0.1) is 0 Å². The summed E-state index contributed by atoms with van der Waals surface area (Å²) in [6.45, 7) is 2.39. The number of carbonyl (C=O) groups excluding carboxylic acids is 2. The molecule has 0 bridgehead atoms. The largest absolute Gasteiger partial charge is 0.451 e. The van der Waals surface area contributed by atoms with Gasteiger partial charge < -0.3 is 15.6 Å². The number of benzene rings is 1. The second-order valence-electron chi connectivity index (χ2n) is 4.90. The van der Waals surface area contributed by atoms with E-state index in [-0.39, 0.29) is 14.9 Å². The Morgan fingerprint density at radius 3 is 2.29 bits per heavy atom. The van der Waals surface area contributed by atoms with Gasteiger partial charge in [0.15, 0.2) is 6.10 Å². The molecule has 0 saturated heterocycles. The van der Waals surface area contributed by atoms with Gasteiger partial charge in [0, 0.05) is 0 Å². The van der Waals surface area contributed by atoms with E-state index in [1.807, 2.05) is 4.72 Å². The van der Waals surface area contributed by atoms with Gasteiger partial charge in [-0.1, -0.05) is 23.2 Å². The fraction of sp³-hybridized carbons (Fsp3) is 0.385. The van der Waals surface area contributed by atoms with Crippen LogP contribution in [-0.2, 0) is 24.3 Å². The Kier molecular flexibility index (Phi) is 6.99. The van der Waals surface area contributed by atoms with Crippen molar-refractivity contribution in [3.8, 4) is 0 Å². The van der Waals surface area contributed by atoms with E-state index < -0.39 is 40.1 Å². The number of sulfonamides is 1. The van der Waals surface area contributed by atoms with Gasteiger partial charge in [-0.05, 0) is 32.0 Å². The summed E-state index contributed by atoms with van der Waals surface area (Å²) in [5.41, 5.74) is 4.97. The van der Waals surface area contributed by atoms with Crippen LogP contribution in [0.1, 0.15) is 13.8 Å². The first-order valence-corrected chi connectivity index (χ1v) is 8.85. The Bertz CT molecular complexity index is 738. The quantitative estimate of drug-likeness (QED) is 0.570. The fourth-order valence-corrected chi connectivity index (χ4v) is 3.17. The average molecular weight is 399 g/mol. The van der Waals surface area contributed by atoms with Crippen LogP contribution in [0.3, 0.4) is 0 Å². The van der Waals surface area contributed by atoms with Crippen LogP contribution >= 0.6 is 23.2 Å². The molecule has 11 heteroatoms. The van der Waals surface area contributed by atoms with Gasteiger partial charge in [0.2, 0.25) is 10.0 Å². The summed E-state index contributed by atoms with van der Waals surface area (Å²) < 4.78 is 31.3. The molecule has 1 rings (SSSR count). The summed E-state index contributed by atoms with van der Waals surface area (Å²) in [5.74, 6) is -2.07. The van der Waals surface area contributed by atoms with Crippen molar-refractivity contribution in [2.75, 3.05) is 0 Å². The molecule has 0 radical (unpaired) electrons. The third kappa shape index (κ3) is 5.32. The van der Waals surface area contributed by atoms with Gasteiger partial charge >= 0.3 is 5.97 Å². The predicted octanol–water partition coefficient (Wildman–Crippen LogP) is 0.438. The number of rotatable bonds is 7. The number of nitrogens with one attached hydrogen (secondary N) is 1. The lowest BCUT2D eigenvalue weighted by Gasteiger charge is -2.21. The SMILES string of the molecule is C[C@H](OC(=O)[C@@H](NS(=O)(=O)c1ccc(Cl)c(Cl)c1)[C@H](C)O)C(N)=O. The summed E-state index contributed by atoms with van der Waals surface area (Å²) in [4.78, 5) is 22.6. The maximum Gasteiger partial charge on any atom is 0.327 e. The first-order chi connectivity index (χ1) is 11.0. The van der Waals surface area contributed by atoms with E-state index in [0.29, 0.717) is 0 Å². The second-order valence-corrected chi connectivity index (χ2v) is 7.43. The van der Waals surface area contributed by atoms with E-state index >= 15 is 0 Å². The lowest BCUT2D eigenvalue weighted by Crippen LogP contribution is -2.49. The van der Waals surface area contributed by atoms with Crippen molar-refractivity contribution in [2.24, 2.45) is 5.73 Å². The predicted molar refractivity (Wildman–Crippen MR) is 87.0 cm³/mol. The minimum atomic E-state index is -4.21. The highest BCUT2D eigenvalue weighted by Crippen LogP contribution is 2.25. The fourth-order valence-electron chi connectivity index (χ4n) is 1.53. The minimum Gasteiger partial charge on any atom is -0.451 e. The summed E-state index contributed by atoms with van der Waals surface area (Å²) in [5, 5.41) is 9.80. The highest BCUT2D eigenvalue weighted by Gasteiger charge is 2.32. The highest BCUT2D eigenvalue weighted by molar-refractivity contribution is 7.89. The molecule has 1 amide bonds. The average Bonchev–Trinajstić information content (AvgIpc) is 2.46. The monoisotopic (exact) mass is 398 g/mol. The van der Waals surface area contributed by atoms with E-state index in [2.05, 4.69) is 0 Å². The molecule has 0 spiro atoms. The zero-order valence-electron chi connectivity index (χ0n) is 12.7. The van der Waals surface area contributed by atoms with Crippen LogP contribution in [0.25, 0.3) is 0 Å². The summed E-state index contributed by atoms with van der Waals surface area (Å²) >= 11 is 11.5. The molecule has 24 heavy (non-hydrogen) atoms. The minimum absolute atomic E-state index is 0.00179. The molecule has 4 N–H and O–H groups in total. The number of halogens is 2. The number of aliphatic hydroxyl groups excluding tert-OH is 1. The Morgan fingerprint density at radius 2 is 1.83 bits per heavy atom. The lowest BCUT2D eigenvalue weighted by atomic mass is 10.2. The zero-order chi connectivity index (χ0) is 18.7. The van der Waals surface area contributed by atoms with Crippen LogP contribution in [0.5, 0.6) is 0 Å². The topological polar surface area (TPSA) is 136 Å². The van der Waals surface area contributed by atoms with Crippen molar-refractivity contribution in [2.45, 2.75) is 37.0 Å². The van der Waals surface area contributed by atoms with Crippen LogP contribution in [0.15, 0.2) is 23.1 Å². The molecule has 0 aliphatic carbocycles. The van der Waals surface area contributed by atoms with Gasteiger partial charge in [0.05, 0.1) is 21.0 Å². The van der Waals surface area contributed by atoms with Crippen molar-refractivity contribution >= 4 is 45.1 Å². The van der Waals surface area contributed by atoms with Crippen LogP contribution in [0.4, 0.5) is 0 Å². The molecule has 0 heterocycles. The number of aliphatic hydroxyl groups is 1. The molecule has 0 aliphatic rings. The van der Waals surface area contributed by atoms with E-state index in [0.717, 1.165) is 6.07 Å². The van der Waals surface area contributed by atoms with E-state index in [9.17, 15) is 23.1 Å². The van der Waals surface area contributed by atoms with E-state index in [1.165, 1.54) is 26.0 Å². The molecule has 0 aliphatic heterocycles. The van der Waals surface area contributed by atoms with Crippen molar-refractivity contribution in [3.05, 3.63) is 28.2 Å². The zero-order valence-corrected chi connectivity index (χ0v) is 15.0. The van der Waals surface area contributed by atoms with E-state index in [1.54, 1.807) is 0 Å². The number of amides is 1. The molecular weight excluding hydrogens is 383 g/mol. The van der Waals surface area contributed by atoms with E-state index in [4.69, 9.17) is 33.7 Å². The Hall–Kier alpha value is -1.39. The van der Waals surface area contributed by atoms with Gasteiger partial charge in [0.25, 0.3) is 5.91 Å². The van der Waals surface area contributed by atoms with Crippen molar-refractivity contribution < 1.29 is 27.9 Å². The molecule has 134 valence electrons. The van der Waals surface area contributed by atoms with Crippen LogP contribution in [-0.4, -0.2) is 43.7 Å². The maximum atomic E-state index is 12.3. The lowest BCUT2D eigenvalue weighted by molar-refractivity contribution is -0.157. The number of carbonyl (C=O) groups is 2. The number of ether oxygens (including phenoxy) is 1. The molecule has 0 fully saturated rings. The number of esters is 1. The van der Waals surface area contributed by atoms with Gasteiger partial charge in [-0.25, -0.2) is 8.42 Å². The Labute approximate surface area is 148 Å². The van der Waals surface area contributed by atoms with Gasteiger partial charge in [-0.2, -0.15) is 4.72 Å². The molecular formula is C13H16Cl2N2O6S. The maximum absolute atomic E-state index is 12.3. The van der Waals surface area contributed by atoms with Crippen molar-refractivity contribution in [1.29, 1.82) is 0 Å². The molecule has 0 unspecified atom stereocenters. The number of hydrogen-bond acceptors (Lipinski definition) is 6. The molecule has 1 aromatic rings. The molecule has 3 atom stereocenters. The summed E-state index contributed by atoms with van der Waals surface area (Å²) in [6, 6.07) is 1.88. The second kappa shape index (κ2) is 8.13. The van der Waals surface area contributed by atoms with Gasteiger partial charge in [-0.15, -0.1) is 0 Å². The first-order valence-electron chi connectivity index (χ1n) is 6.61.